The van der Waals surface area contributed by atoms with Gasteiger partial charge in [-0.05, 0) is 5.56 Å². The van der Waals surface area contributed by atoms with Gasteiger partial charge in [0.2, 0.25) is 0 Å². The van der Waals surface area contributed by atoms with Crippen molar-refractivity contribution in [2.75, 3.05) is 0 Å². The SMILES string of the molecule is O=C1CC=NC1Cc1ccccc1. The van der Waals surface area contributed by atoms with Crippen molar-refractivity contribution in [2.45, 2.75) is 18.9 Å². The summed E-state index contributed by atoms with van der Waals surface area (Å²) in [5.74, 6) is 0.240. The Morgan fingerprint density at radius 2 is 2.08 bits per heavy atom. The summed E-state index contributed by atoms with van der Waals surface area (Å²) in [5.41, 5.74) is 1.18. The van der Waals surface area contributed by atoms with Crippen LogP contribution in [-0.2, 0) is 11.2 Å². The third-order valence-electron chi connectivity index (χ3n) is 2.22. The van der Waals surface area contributed by atoms with Gasteiger partial charge in [-0.1, -0.05) is 30.3 Å². The summed E-state index contributed by atoms with van der Waals surface area (Å²) in [7, 11) is 0. The molecule has 2 rings (SSSR count). The van der Waals surface area contributed by atoms with Gasteiger partial charge in [0, 0.05) is 19.1 Å². The molecule has 1 aromatic carbocycles. The van der Waals surface area contributed by atoms with Crippen LogP contribution in [0.25, 0.3) is 0 Å². The lowest BCUT2D eigenvalue weighted by atomic mass is 10.0. The van der Waals surface area contributed by atoms with Crippen LogP contribution in [0.2, 0.25) is 0 Å². The Morgan fingerprint density at radius 1 is 1.31 bits per heavy atom. The molecule has 1 unspecified atom stereocenters. The van der Waals surface area contributed by atoms with Crippen LogP contribution in [0.5, 0.6) is 0 Å². The average Bonchev–Trinajstić information content (AvgIpc) is 2.54. The van der Waals surface area contributed by atoms with Gasteiger partial charge >= 0.3 is 0 Å². The lowest BCUT2D eigenvalue weighted by molar-refractivity contribution is -0.118. The quantitative estimate of drug-likeness (QED) is 0.668. The van der Waals surface area contributed by atoms with Crippen molar-refractivity contribution in [3.63, 3.8) is 0 Å². The zero-order valence-corrected chi connectivity index (χ0v) is 7.31. The van der Waals surface area contributed by atoms with Gasteiger partial charge in [0.1, 0.15) is 6.04 Å². The van der Waals surface area contributed by atoms with Gasteiger partial charge in [0.05, 0.1) is 0 Å². The Bertz CT molecular complexity index is 329. The van der Waals surface area contributed by atoms with Crippen LogP contribution in [0, 0.1) is 0 Å². The van der Waals surface area contributed by atoms with Crippen molar-refractivity contribution in [1.82, 2.24) is 0 Å². The number of Topliss-reactive ketones (excluding diaryl/α,β-unsaturated/α-hetero) is 1. The van der Waals surface area contributed by atoms with E-state index in [-0.39, 0.29) is 11.8 Å². The van der Waals surface area contributed by atoms with Gasteiger partial charge < -0.3 is 0 Å². The number of rotatable bonds is 2. The molecule has 2 nitrogen and oxygen atoms in total. The minimum atomic E-state index is -0.123. The number of aliphatic imine (C=N–C) groups is 1. The molecule has 0 saturated heterocycles. The van der Waals surface area contributed by atoms with Crippen molar-refractivity contribution in [3.8, 4) is 0 Å². The second-order valence-corrected chi connectivity index (χ2v) is 3.21. The van der Waals surface area contributed by atoms with E-state index in [2.05, 4.69) is 4.99 Å². The second-order valence-electron chi connectivity index (χ2n) is 3.21. The number of hydrogen-bond acceptors (Lipinski definition) is 2. The van der Waals surface area contributed by atoms with Crippen molar-refractivity contribution < 1.29 is 4.79 Å². The molecular weight excluding hydrogens is 162 g/mol. The third kappa shape index (κ3) is 1.83. The van der Waals surface area contributed by atoms with E-state index < -0.39 is 0 Å². The zero-order chi connectivity index (χ0) is 9.10. The lowest BCUT2D eigenvalue weighted by Gasteiger charge is -2.04. The summed E-state index contributed by atoms with van der Waals surface area (Å²) < 4.78 is 0. The molecule has 66 valence electrons. The van der Waals surface area contributed by atoms with Gasteiger partial charge in [-0.15, -0.1) is 0 Å². The van der Waals surface area contributed by atoms with Gasteiger partial charge in [0.15, 0.2) is 5.78 Å². The van der Waals surface area contributed by atoms with Crippen molar-refractivity contribution >= 4 is 12.0 Å². The summed E-state index contributed by atoms with van der Waals surface area (Å²) >= 11 is 0. The monoisotopic (exact) mass is 173 g/mol. The molecule has 0 radical (unpaired) electrons. The summed E-state index contributed by atoms with van der Waals surface area (Å²) in [4.78, 5) is 15.4. The van der Waals surface area contributed by atoms with Crippen molar-refractivity contribution in [2.24, 2.45) is 4.99 Å². The van der Waals surface area contributed by atoms with Crippen molar-refractivity contribution in [3.05, 3.63) is 35.9 Å². The van der Waals surface area contributed by atoms with E-state index in [9.17, 15) is 4.79 Å². The highest BCUT2D eigenvalue weighted by atomic mass is 16.1. The first-order valence-electron chi connectivity index (χ1n) is 4.44. The van der Waals surface area contributed by atoms with Crippen LogP contribution < -0.4 is 0 Å². The minimum absolute atomic E-state index is 0.123. The first-order chi connectivity index (χ1) is 6.36. The molecule has 1 atom stereocenters. The predicted molar refractivity (Wildman–Crippen MR) is 52.1 cm³/mol. The maximum atomic E-state index is 11.3. The molecular formula is C11H11NO. The largest absolute Gasteiger partial charge is 0.297 e. The van der Waals surface area contributed by atoms with Crippen LogP contribution in [-0.4, -0.2) is 18.0 Å². The molecule has 1 aromatic rings. The van der Waals surface area contributed by atoms with Crippen LogP contribution in [0.1, 0.15) is 12.0 Å². The van der Waals surface area contributed by atoms with Crippen LogP contribution in [0.3, 0.4) is 0 Å². The Morgan fingerprint density at radius 3 is 2.69 bits per heavy atom. The number of hydrogen-bond donors (Lipinski definition) is 0. The minimum Gasteiger partial charge on any atom is -0.297 e. The molecule has 0 bridgehead atoms. The van der Waals surface area contributed by atoms with Crippen LogP contribution in [0.15, 0.2) is 35.3 Å². The molecule has 1 heterocycles. The summed E-state index contributed by atoms with van der Waals surface area (Å²) in [6, 6.07) is 9.88. The molecule has 0 spiro atoms. The summed E-state index contributed by atoms with van der Waals surface area (Å²) in [6.45, 7) is 0. The smallest absolute Gasteiger partial charge is 0.162 e. The van der Waals surface area contributed by atoms with Crippen LogP contribution >= 0.6 is 0 Å². The number of benzene rings is 1. The van der Waals surface area contributed by atoms with Crippen molar-refractivity contribution in [1.29, 1.82) is 0 Å². The fourth-order valence-corrected chi connectivity index (χ4v) is 1.49. The molecule has 1 aliphatic heterocycles. The maximum absolute atomic E-state index is 11.3. The standard InChI is InChI=1S/C11H11NO/c13-11-6-7-12-10(11)8-9-4-2-1-3-5-9/h1-5,7,10H,6,8H2. The topological polar surface area (TPSA) is 29.4 Å². The van der Waals surface area contributed by atoms with E-state index in [0.717, 1.165) is 6.42 Å². The Labute approximate surface area is 77.3 Å². The van der Waals surface area contributed by atoms with Gasteiger partial charge in [-0.2, -0.15) is 0 Å². The zero-order valence-electron chi connectivity index (χ0n) is 7.31. The molecule has 13 heavy (non-hydrogen) atoms. The lowest BCUT2D eigenvalue weighted by Crippen LogP contribution is -2.15. The highest BCUT2D eigenvalue weighted by Crippen LogP contribution is 2.11. The number of ketones is 1. The first-order valence-corrected chi connectivity index (χ1v) is 4.44. The number of carbonyl (C=O) groups excluding carboxylic acids is 1. The fourth-order valence-electron chi connectivity index (χ4n) is 1.49. The fraction of sp³-hybridized carbons (Fsp3) is 0.273. The number of nitrogens with zero attached hydrogens (tertiary/aromatic N) is 1. The average molecular weight is 173 g/mol. The molecule has 0 N–H and O–H groups in total. The molecule has 0 saturated carbocycles. The van der Waals surface area contributed by atoms with E-state index in [0.29, 0.717) is 6.42 Å². The van der Waals surface area contributed by atoms with E-state index >= 15 is 0 Å². The highest BCUT2D eigenvalue weighted by Gasteiger charge is 2.20. The Hall–Kier alpha value is -1.44. The van der Waals surface area contributed by atoms with Gasteiger partial charge in [-0.25, -0.2) is 0 Å². The summed E-state index contributed by atoms with van der Waals surface area (Å²) in [5, 5.41) is 0. The molecule has 1 aliphatic rings. The maximum Gasteiger partial charge on any atom is 0.162 e. The van der Waals surface area contributed by atoms with Gasteiger partial charge in [0.25, 0.3) is 0 Å². The second kappa shape index (κ2) is 3.52. The molecule has 0 amide bonds. The summed E-state index contributed by atoms with van der Waals surface area (Å²) in [6.07, 6.45) is 2.98. The Kier molecular flexibility index (Phi) is 2.21. The van der Waals surface area contributed by atoms with E-state index in [4.69, 9.17) is 0 Å². The molecule has 0 fully saturated rings. The van der Waals surface area contributed by atoms with E-state index in [1.165, 1.54) is 5.56 Å². The normalized spacial score (nSPS) is 20.9. The highest BCUT2D eigenvalue weighted by molar-refractivity contribution is 6.00. The predicted octanol–water partition coefficient (Wildman–Crippen LogP) is 1.64. The molecule has 0 aliphatic carbocycles. The van der Waals surface area contributed by atoms with Crippen LogP contribution in [0.4, 0.5) is 0 Å². The van der Waals surface area contributed by atoms with Gasteiger partial charge in [-0.3, -0.25) is 9.79 Å². The third-order valence-corrected chi connectivity index (χ3v) is 2.22. The first kappa shape index (κ1) is 8.17. The molecule has 2 heteroatoms. The Balaban J connectivity index is 2.06. The number of carbonyl (C=O) groups is 1. The molecule has 0 aromatic heterocycles. The van der Waals surface area contributed by atoms with E-state index in [1.54, 1.807) is 6.21 Å². The van der Waals surface area contributed by atoms with E-state index in [1.807, 2.05) is 30.3 Å².